The van der Waals surface area contributed by atoms with E-state index in [1.165, 1.54) is 0 Å². The van der Waals surface area contributed by atoms with E-state index in [1.807, 2.05) is 38.4 Å². The molecule has 1 spiro atoms. The van der Waals surface area contributed by atoms with E-state index < -0.39 is 5.66 Å². The molecule has 2 bridgehead atoms. The molecule has 4 atom stereocenters. The van der Waals surface area contributed by atoms with Gasteiger partial charge in [-0.05, 0) is 57.3 Å². The SMILES string of the molecule is CN(C)CCNC(=O)[C@@H]1C[C@H]2CC[C@@]1(C)C[C@]21NC(=O)c2ccccc2N1. The monoisotopic (exact) mass is 370 g/mol. The zero-order valence-corrected chi connectivity index (χ0v) is 16.5. The first-order chi connectivity index (χ1) is 12.8. The third-order valence-corrected chi connectivity index (χ3v) is 6.85. The van der Waals surface area contributed by atoms with Gasteiger partial charge in [0, 0.05) is 30.6 Å². The van der Waals surface area contributed by atoms with Gasteiger partial charge in [0.25, 0.3) is 5.91 Å². The summed E-state index contributed by atoms with van der Waals surface area (Å²) >= 11 is 0. The van der Waals surface area contributed by atoms with Gasteiger partial charge in [-0.15, -0.1) is 0 Å². The summed E-state index contributed by atoms with van der Waals surface area (Å²) in [7, 11) is 4.02. The number of benzene rings is 1. The summed E-state index contributed by atoms with van der Waals surface area (Å²) < 4.78 is 0. The molecule has 0 saturated heterocycles. The van der Waals surface area contributed by atoms with Crippen molar-refractivity contribution >= 4 is 17.5 Å². The van der Waals surface area contributed by atoms with Crippen molar-refractivity contribution in [2.24, 2.45) is 17.3 Å². The highest BCUT2D eigenvalue weighted by molar-refractivity contribution is 6.02. The Morgan fingerprint density at radius 3 is 2.81 bits per heavy atom. The molecule has 27 heavy (non-hydrogen) atoms. The maximum atomic E-state index is 12.9. The Kier molecular flexibility index (Phi) is 4.41. The first kappa shape index (κ1) is 18.3. The molecule has 6 heteroatoms. The fourth-order valence-electron chi connectivity index (χ4n) is 5.38. The molecule has 3 N–H and O–H groups in total. The highest BCUT2D eigenvalue weighted by atomic mass is 16.2. The third kappa shape index (κ3) is 3.10. The highest BCUT2D eigenvalue weighted by Crippen LogP contribution is 2.58. The lowest BCUT2D eigenvalue weighted by atomic mass is 9.51. The van der Waals surface area contributed by atoms with Crippen LogP contribution in [0.5, 0.6) is 0 Å². The predicted octanol–water partition coefficient (Wildman–Crippen LogP) is 2.04. The predicted molar refractivity (Wildman–Crippen MR) is 105 cm³/mol. The topological polar surface area (TPSA) is 73.5 Å². The van der Waals surface area contributed by atoms with Crippen molar-refractivity contribution in [1.29, 1.82) is 0 Å². The number of para-hydroxylation sites is 1. The maximum Gasteiger partial charge on any atom is 0.255 e. The average Bonchev–Trinajstić information content (AvgIpc) is 2.60. The quantitative estimate of drug-likeness (QED) is 0.758. The number of carbonyl (C=O) groups is 2. The number of hydrogen-bond acceptors (Lipinski definition) is 4. The minimum atomic E-state index is -0.432. The summed E-state index contributed by atoms with van der Waals surface area (Å²) in [4.78, 5) is 27.7. The van der Waals surface area contributed by atoms with E-state index in [0.717, 1.165) is 37.9 Å². The molecule has 1 aromatic rings. The molecule has 146 valence electrons. The lowest BCUT2D eigenvalue weighted by Gasteiger charge is -2.60. The molecular weight excluding hydrogens is 340 g/mol. The Morgan fingerprint density at radius 2 is 2.07 bits per heavy atom. The van der Waals surface area contributed by atoms with Crippen molar-refractivity contribution in [3.63, 3.8) is 0 Å². The second-order valence-electron chi connectivity index (χ2n) is 9.05. The molecule has 5 rings (SSSR count). The summed E-state index contributed by atoms with van der Waals surface area (Å²) in [5.41, 5.74) is 1.07. The number of nitrogens with zero attached hydrogens (tertiary/aromatic N) is 1. The molecule has 0 unspecified atom stereocenters. The molecule has 4 aliphatic rings. The fourth-order valence-corrected chi connectivity index (χ4v) is 5.38. The molecular formula is C21H30N4O2. The zero-order valence-electron chi connectivity index (χ0n) is 16.5. The van der Waals surface area contributed by atoms with Crippen molar-refractivity contribution < 1.29 is 9.59 Å². The zero-order chi connectivity index (χ0) is 19.2. The number of hydrogen-bond donors (Lipinski definition) is 3. The summed E-state index contributed by atoms with van der Waals surface area (Å²) in [5.74, 6) is 0.440. The van der Waals surface area contributed by atoms with Crippen molar-refractivity contribution in [3.05, 3.63) is 29.8 Å². The van der Waals surface area contributed by atoms with Crippen LogP contribution in [-0.2, 0) is 4.79 Å². The summed E-state index contributed by atoms with van der Waals surface area (Å²) in [6.07, 6.45) is 3.67. The van der Waals surface area contributed by atoms with Crippen LogP contribution in [0.25, 0.3) is 0 Å². The Morgan fingerprint density at radius 1 is 1.30 bits per heavy atom. The molecule has 2 amide bonds. The average molecular weight is 370 g/mol. The second kappa shape index (κ2) is 6.51. The molecule has 0 radical (unpaired) electrons. The molecule has 3 fully saturated rings. The van der Waals surface area contributed by atoms with Crippen LogP contribution in [0.1, 0.15) is 43.0 Å². The van der Waals surface area contributed by atoms with Gasteiger partial charge in [0.15, 0.2) is 0 Å². The largest absolute Gasteiger partial charge is 0.362 e. The van der Waals surface area contributed by atoms with Gasteiger partial charge in [-0.1, -0.05) is 19.1 Å². The molecule has 0 aromatic heterocycles. The van der Waals surface area contributed by atoms with Crippen molar-refractivity contribution in [2.75, 3.05) is 32.5 Å². The number of carbonyl (C=O) groups excluding carboxylic acids is 2. The third-order valence-electron chi connectivity index (χ3n) is 6.85. The molecule has 3 aliphatic carbocycles. The molecule has 6 nitrogen and oxygen atoms in total. The minimum Gasteiger partial charge on any atom is -0.362 e. The first-order valence-electron chi connectivity index (χ1n) is 9.95. The fraction of sp³-hybridized carbons (Fsp3) is 0.619. The Balaban J connectivity index is 1.53. The molecule has 3 saturated carbocycles. The second-order valence-corrected chi connectivity index (χ2v) is 9.05. The van der Waals surface area contributed by atoms with Crippen molar-refractivity contribution in [3.8, 4) is 0 Å². The van der Waals surface area contributed by atoms with Gasteiger partial charge < -0.3 is 20.9 Å². The first-order valence-corrected chi connectivity index (χ1v) is 9.95. The summed E-state index contributed by atoms with van der Waals surface area (Å²) in [6.45, 7) is 3.74. The highest BCUT2D eigenvalue weighted by Gasteiger charge is 2.60. The number of anilines is 1. The van der Waals surface area contributed by atoms with Gasteiger partial charge in [-0.3, -0.25) is 9.59 Å². The van der Waals surface area contributed by atoms with Gasteiger partial charge in [-0.25, -0.2) is 0 Å². The number of amides is 2. The Bertz CT molecular complexity index is 764. The number of fused-ring (bicyclic) bond motifs is 3. The van der Waals surface area contributed by atoms with Crippen LogP contribution in [0.4, 0.5) is 5.69 Å². The van der Waals surface area contributed by atoms with E-state index in [0.29, 0.717) is 12.1 Å². The van der Waals surface area contributed by atoms with Crippen molar-refractivity contribution in [1.82, 2.24) is 15.5 Å². The van der Waals surface area contributed by atoms with Crippen LogP contribution < -0.4 is 16.0 Å². The maximum absolute atomic E-state index is 12.9. The van der Waals surface area contributed by atoms with Gasteiger partial charge in [-0.2, -0.15) is 0 Å². The summed E-state index contributed by atoms with van der Waals surface area (Å²) in [5, 5.41) is 10.0. The number of rotatable bonds is 4. The number of likely N-dealkylation sites (N-methyl/N-ethyl adjacent to an activating group) is 1. The Hall–Kier alpha value is -2.08. The minimum absolute atomic E-state index is 0.00696. The van der Waals surface area contributed by atoms with Crippen LogP contribution in [0.2, 0.25) is 0 Å². The normalized spacial score (nSPS) is 34.1. The smallest absolute Gasteiger partial charge is 0.255 e. The van der Waals surface area contributed by atoms with E-state index in [4.69, 9.17) is 0 Å². The van der Waals surface area contributed by atoms with E-state index >= 15 is 0 Å². The van der Waals surface area contributed by atoms with E-state index in [2.05, 4.69) is 27.8 Å². The van der Waals surface area contributed by atoms with Gasteiger partial charge in [0.2, 0.25) is 5.91 Å². The molecule has 1 heterocycles. The van der Waals surface area contributed by atoms with E-state index in [9.17, 15) is 9.59 Å². The van der Waals surface area contributed by atoms with E-state index in [1.54, 1.807) is 0 Å². The van der Waals surface area contributed by atoms with Gasteiger partial charge in [0.1, 0.15) is 5.66 Å². The van der Waals surface area contributed by atoms with E-state index in [-0.39, 0.29) is 29.1 Å². The van der Waals surface area contributed by atoms with Crippen LogP contribution in [0, 0.1) is 17.3 Å². The van der Waals surface area contributed by atoms with Crippen LogP contribution >= 0.6 is 0 Å². The molecule has 1 aliphatic heterocycles. The van der Waals surface area contributed by atoms with Gasteiger partial charge in [0.05, 0.1) is 5.56 Å². The Labute approximate surface area is 161 Å². The standard InChI is InChI=1S/C21H30N4O2/c1-20-9-8-14(12-16(20)19(27)22-10-11-25(2)3)21(13-20)23-17-7-5-4-6-15(17)18(26)24-21/h4-7,14,16,23H,8-13H2,1-3H3,(H,22,27)(H,24,26)/t14-,16+,20+,21+/m1/s1. The van der Waals surface area contributed by atoms with Gasteiger partial charge >= 0.3 is 0 Å². The summed E-state index contributed by atoms with van der Waals surface area (Å²) in [6, 6.07) is 7.68. The lowest BCUT2D eigenvalue weighted by molar-refractivity contribution is -0.139. The number of nitrogens with one attached hydrogen (secondary N) is 3. The van der Waals surface area contributed by atoms with Crippen molar-refractivity contribution in [2.45, 2.75) is 38.3 Å². The van der Waals surface area contributed by atoms with Crippen LogP contribution in [-0.4, -0.2) is 49.6 Å². The lowest BCUT2D eigenvalue weighted by Crippen LogP contribution is -2.70. The molecule has 1 aromatic carbocycles. The van der Waals surface area contributed by atoms with Crippen LogP contribution in [0.15, 0.2) is 24.3 Å². The van der Waals surface area contributed by atoms with Crippen LogP contribution in [0.3, 0.4) is 0 Å².